The highest BCUT2D eigenvalue weighted by Crippen LogP contribution is 2.35. The lowest BCUT2D eigenvalue weighted by Crippen LogP contribution is -2.26. The highest BCUT2D eigenvalue weighted by Gasteiger charge is 2.15. The second kappa shape index (κ2) is 10.9. The SMILES string of the molecule is COc1cc(OC)c(CCNC(=O)c2ccc3nc(-c4cc(OC)ccc4OC)cn3c2)c(OC)c1. The van der Waals surface area contributed by atoms with Crippen molar-refractivity contribution >= 4 is 11.6 Å². The third-order valence-corrected chi connectivity index (χ3v) is 5.87. The van der Waals surface area contributed by atoms with Crippen LogP contribution in [-0.4, -0.2) is 57.4 Å². The number of methoxy groups -OCH3 is 5. The summed E-state index contributed by atoms with van der Waals surface area (Å²) in [5.41, 5.74) is 3.58. The molecule has 0 aliphatic carbocycles. The van der Waals surface area contributed by atoms with Crippen LogP contribution in [-0.2, 0) is 6.42 Å². The van der Waals surface area contributed by atoms with E-state index in [1.807, 2.05) is 28.8 Å². The fraction of sp³-hybridized carbons (Fsp3) is 0.259. The Morgan fingerprint density at radius 1 is 0.806 bits per heavy atom. The van der Waals surface area contributed by atoms with E-state index in [1.54, 1.807) is 66.0 Å². The number of rotatable bonds is 10. The lowest BCUT2D eigenvalue weighted by molar-refractivity contribution is 0.0953. The maximum absolute atomic E-state index is 12.9. The smallest absolute Gasteiger partial charge is 0.252 e. The maximum atomic E-state index is 12.9. The fourth-order valence-electron chi connectivity index (χ4n) is 4.00. The predicted octanol–water partition coefficient (Wildman–Crippen LogP) is 4.02. The van der Waals surface area contributed by atoms with Crippen molar-refractivity contribution in [3.63, 3.8) is 0 Å². The van der Waals surface area contributed by atoms with Gasteiger partial charge in [-0.1, -0.05) is 0 Å². The zero-order valence-electron chi connectivity index (χ0n) is 21.0. The normalized spacial score (nSPS) is 10.7. The number of fused-ring (bicyclic) bond motifs is 1. The molecule has 9 nitrogen and oxygen atoms in total. The summed E-state index contributed by atoms with van der Waals surface area (Å²) in [5, 5.41) is 2.96. The topological polar surface area (TPSA) is 92.6 Å². The number of aromatic nitrogens is 2. The minimum absolute atomic E-state index is 0.197. The average molecular weight is 492 g/mol. The molecule has 0 bridgehead atoms. The fourth-order valence-corrected chi connectivity index (χ4v) is 4.00. The van der Waals surface area contributed by atoms with Crippen molar-refractivity contribution in [1.82, 2.24) is 14.7 Å². The number of imidazole rings is 1. The summed E-state index contributed by atoms with van der Waals surface area (Å²) in [6.45, 7) is 0.395. The first-order valence-corrected chi connectivity index (χ1v) is 11.3. The second-order valence-corrected chi connectivity index (χ2v) is 7.89. The molecular weight excluding hydrogens is 462 g/mol. The Bertz CT molecular complexity index is 1360. The number of carbonyl (C=O) groups excluding carboxylic acids is 1. The van der Waals surface area contributed by atoms with Crippen LogP contribution in [0.15, 0.2) is 54.9 Å². The van der Waals surface area contributed by atoms with Crippen LogP contribution in [0.1, 0.15) is 15.9 Å². The van der Waals surface area contributed by atoms with Gasteiger partial charge in [0, 0.05) is 42.2 Å². The number of amides is 1. The molecule has 0 radical (unpaired) electrons. The number of pyridine rings is 1. The van der Waals surface area contributed by atoms with Gasteiger partial charge in [-0.2, -0.15) is 0 Å². The zero-order chi connectivity index (χ0) is 25.7. The molecule has 188 valence electrons. The van der Waals surface area contributed by atoms with E-state index in [4.69, 9.17) is 23.7 Å². The van der Waals surface area contributed by atoms with Gasteiger partial charge in [-0.25, -0.2) is 4.98 Å². The van der Waals surface area contributed by atoms with Crippen LogP contribution in [0.25, 0.3) is 16.9 Å². The van der Waals surface area contributed by atoms with Gasteiger partial charge in [0.05, 0.1) is 46.8 Å². The Hall–Kier alpha value is -4.40. The number of nitrogens with one attached hydrogen (secondary N) is 1. The molecule has 2 aromatic carbocycles. The molecule has 0 saturated carbocycles. The average Bonchev–Trinajstić information content (AvgIpc) is 3.35. The highest BCUT2D eigenvalue weighted by molar-refractivity contribution is 5.94. The van der Waals surface area contributed by atoms with E-state index in [9.17, 15) is 4.79 Å². The molecule has 1 amide bonds. The number of nitrogens with zero attached hydrogens (tertiary/aromatic N) is 2. The predicted molar refractivity (Wildman–Crippen MR) is 136 cm³/mol. The minimum atomic E-state index is -0.197. The third kappa shape index (κ3) is 5.00. The Labute approximate surface area is 209 Å². The molecule has 0 atom stereocenters. The molecule has 9 heteroatoms. The molecule has 0 aliphatic rings. The standard InChI is InChI=1S/C27H29N3O6/c1-32-18-7-8-23(34-3)21(12-18)22-16-30-15-17(6-9-26(30)29-22)27(31)28-11-10-20-24(35-4)13-19(33-2)14-25(20)36-5/h6-9,12-16H,10-11H2,1-5H3,(H,28,31). The Morgan fingerprint density at radius 2 is 1.50 bits per heavy atom. The van der Waals surface area contributed by atoms with Crippen molar-refractivity contribution in [3.05, 3.63) is 66.0 Å². The van der Waals surface area contributed by atoms with E-state index in [0.717, 1.165) is 11.1 Å². The second-order valence-electron chi connectivity index (χ2n) is 7.89. The third-order valence-electron chi connectivity index (χ3n) is 5.87. The summed E-state index contributed by atoms with van der Waals surface area (Å²) in [7, 11) is 7.99. The molecule has 0 fully saturated rings. The highest BCUT2D eigenvalue weighted by atomic mass is 16.5. The molecule has 2 aromatic heterocycles. The Kier molecular flexibility index (Phi) is 7.48. The van der Waals surface area contributed by atoms with Crippen LogP contribution in [0.5, 0.6) is 28.7 Å². The summed E-state index contributed by atoms with van der Waals surface area (Å²) in [4.78, 5) is 17.6. The van der Waals surface area contributed by atoms with Crippen molar-refractivity contribution in [3.8, 4) is 40.0 Å². The molecule has 0 saturated heterocycles. The molecule has 0 aliphatic heterocycles. The van der Waals surface area contributed by atoms with Crippen LogP contribution >= 0.6 is 0 Å². The summed E-state index contributed by atoms with van der Waals surface area (Å²) < 4.78 is 28.9. The molecule has 0 spiro atoms. The Balaban J connectivity index is 1.51. The quantitative estimate of drug-likeness (QED) is 0.358. The van der Waals surface area contributed by atoms with Crippen molar-refractivity contribution in [2.45, 2.75) is 6.42 Å². The summed E-state index contributed by atoms with van der Waals surface area (Å²) in [6, 6.07) is 12.7. The number of benzene rings is 2. The summed E-state index contributed by atoms with van der Waals surface area (Å²) in [6.07, 6.45) is 4.13. The monoisotopic (exact) mass is 491 g/mol. The van der Waals surface area contributed by atoms with Crippen LogP contribution in [0.2, 0.25) is 0 Å². The van der Waals surface area contributed by atoms with Gasteiger partial charge in [-0.05, 0) is 36.8 Å². The largest absolute Gasteiger partial charge is 0.497 e. The van der Waals surface area contributed by atoms with E-state index in [-0.39, 0.29) is 5.91 Å². The number of hydrogen-bond acceptors (Lipinski definition) is 7. The van der Waals surface area contributed by atoms with Crippen LogP contribution in [0, 0.1) is 0 Å². The minimum Gasteiger partial charge on any atom is -0.497 e. The lowest BCUT2D eigenvalue weighted by atomic mass is 10.1. The van der Waals surface area contributed by atoms with Gasteiger partial charge in [-0.15, -0.1) is 0 Å². The first kappa shape index (κ1) is 24.7. The van der Waals surface area contributed by atoms with Crippen molar-refractivity contribution in [2.75, 3.05) is 42.1 Å². The molecular formula is C27H29N3O6. The zero-order valence-corrected chi connectivity index (χ0v) is 21.0. The lowest BCUT2D eigenvalue weighted by Gasteiger charge is -2.15. The maximum Gasteiger partial charge on any atom is 0.252 e. The van der Waals surface area contributed by atoms with Gasteiger partial charge in [0.1, 0.15) is 34.4 Å². The van der Waals surface area contributed by atoms with E-state index in [1.165, 1.54) is 0 Å². The van der Waals surface area contributed by atoms with Crippen LogP contribution in [0.3, 0.4) is 0 Å². The molecule has 2 heterocycles. The van der Waals surface area contributed by atoms with E-state index in [2.05, 4.69) is 10.3 Å². The van der Waals surface area contributed by atoms with Crippen molar-refractivity contribution < 1.29 is 28.5 Å². The van der Waals surface area contributed by atoms with Gasteiger partial charge < -0.3 is 33.4 Å². The van der Waals surface area contributed by atoms with Gasteiger partial charge in [0.25, 0.3) is 5.91 Å². The molecule has 36 heavy (non-hydrogen) atoms. The van der Waals surface area contributed by atoms with Crippen molar-refractivity contribution in [2.24, 2.45) is 0 Å². The number of ether oxygens (including phenoxy) is 5. The molecule has 4 aromatic rings. The number of hydrogen-bond donors (Lipinski definition) is 1. The van der Waals surface area contributed by atoms with E-state index < -0.39 is 0 Å². The van der Waals surface area contributed by atoms with Gasteiger partial charge >= 0.3 is 0 Å². The van der Waals surface area contributed by atoms with Crippen molar-refractivity contribution in [1.29, 1.82) is 0 Å². The Morgan fingerprint density at radius 3 is 2.14 bits per heavy atom. The molecule has 1 N–H and O–H groups in total. The van der Waals surface area contributed by atoms with Gasteiger partial charge in [-0.3, -0.25) is 4.79 Å². The van der Waals surface area contributed by atoms with Gasteiger partial charge in [0.15, 0.2) is 0 Å². The first-order chi connectivity index (χ1) is 17.5. The van der Waals surface area contributed by atoms with E-state index in [0.29, 0.717) is 58.6 Å². The first-order valence-electron chi connectivity index (χ1n) is 11.3. The molecule has 0 unspecified atom stereocenters. The van der Waals surface area contributed by atoms with Crippen LogP contribution < -0.4 is 29.0 Å². The number of carbonyl (C=O) groups is 1. The molecule has 4 rings (SSSR count). The van der Waals surface area contributed by atoms with Gasteiger partial charge in [0.2, 0.25) is 0 Å². The van der Waals surface area contributed by atoms with E-state index >= 15 is 0 Å². The summed E-state index contributed by atoms with van der Waals surface area (Å²) >= 11 is 0. The summed E-state index contributed by atoms with van der Waals surface area (Å²) in [5.74, 6) is 3.10. The van der Waals surface area contributed by atoms with Crippen LogP contribution in [0.4, 0.5) is 0 Å².